The number of alkyl halides is 6. The average molecular weight is 512 g/mol. The highest BCUT2D eigenvalue weighted by Crippen LogP contribution is 2.46. The Balaban J connectivity index is 1.94. The second-order valence-electron chi connectivity index (χ2n) is 7.74. The summed E-state index contributed by atoms with van der Waals surface area (Å²) >= 11 is 0. The molecule has 0 spiro atoms. The number of amides is 2. The summed E-state index contributed by atoms with van der Waals surface area (Å²) in [4.78, 5) is 31.2. The molecule has 3 N–H and O–H groups in total. The van der Waals surface area contributed by atoms with Crippen LogP contribution >= 0.6 is 7.75 Å². The van der Waals surface area contributed by atoms with Crippen LogP contribution in [0, 0.1) is 0 Å². The molecule has 2 aromatic rings. The number of carbonyl (C=O) groups excluding carboxylic acids is 1. The van der Waals surface area contributed by atoms with E-state index in [2.05, 4.69) is 5.32 Å². The van der Waals surface area contributed by atoms with E-state index in [9.17, 15) is 45.5 Å². The van der Waals surface area contributed by atoms with E-state index in [0.717, 1.165) is 0 Å². The molecular weight excluding hydrogens is 493 g/mol. The molecule has 0 saturated carbocycles. The lowest BCUT2D eigenvalue weighted by atomic mass is 9.91. The molecule has 3 rings (SSSR count). The van der Waals surface area contributed by atoms with Crippen molar-refractivity contribution in [1.82, 2.24) is 9.99 Å². The van der Waals surface area contributed by atoms with E-state index >= 15 is 0 Å². The van der Waals surface area contributed by atoms with Gasteiger partial charge in [0.1, 0.15) is 5.54 Å². The molecule has 2 aromatic carbocycles. The number of urea groups is 1. The molecule has 34 heavy (non-hydrogen) atoms. The third kappa shape index (κ3) is 5.54. The molecule has 14 heteroatoms. The Kier molecular flexibility index (Phi) is 6.79. The van der Waals surface area contributed by atoms with E-state index in [0.29, 0.717) is 17.7 Å². The molecule has 0 radical (unpaired) electrons. The van der Waals surface area contributed by atoms with Gasteiger partial charge in [0.2, 0.25) is 0 Å². The van der Waals surface area contributed by atoms with Gasteiger partial charge in [-0.3, -0.25) is 0 Å². The Morgan fingerprint density at radius 2 is 1.59 bits per heavy atom. The van der Waals surface area contributed by atoms with Crippen molar-refractivity contribution in [2.24, 2.45) is 0 Å². The maximum absolute atomic E-state index is 13.2. The lowest BCUT2D eigenvalue weighted by Crippen LogP contribution is -2.45. The highest BCUT2D eigenvalue weighted by atomic mass is 31.2. The van der Waals surface area contributed by atoms with Crippen molar-refractivity contribution in [3.05, 3.63) is 70.8 Å². The summed E-state index contributed by atoms with van der Waals surface area (Å²) in [7, 11) is -5.01. The first kappa shape index (κ1) is 26.0. The van der Waals surface area contributed by atoms with E-state index in [1.807, 2.05) is 0 Å². The average Bonchev–Trinajstić information content (AvgIpc) is 3.09. The largest absolute Gasteiger partial charge is 0.433 e. The molecule has 0 bridgehead atoms. The Bertz CT molecular complexity index is 1070. The van der Waals surface area contributed by atoms with Crippen LogP contribution in [-0.2, 0) is 27.2 Å². The van der Waals surface area contributed by atoms with Crippen molar-refractivity contribution in [3.8, 4) is 0 Å². The summed E-state index contributed by atoms with van der Waals surface area (Å²) in [6, 6.07) is 7.81. The Morgan fingerprint density at radius 3 is 2.03 bits per heavy atom. The third-order valence-electron chi connectivity index (χ3n) is 5.30. The minimum absolute atomic E-state index is 0.00319. The monoisotopic (exact) mass is 512 g/mol. The quantitative estimate of drug-likeness (QED) is 0.381. The van der Waals surface area contributed by atoms with Gasteiger partial charge in [0, 0.05) is 0 Å². The van der Waals surface area contributed by atoms with Crippen LogP contribution in [0.1, 0.15) is 35.3 Å². The molecule has 7 nitrogen and oxygen atoms in total. The van der Waals surface area contributed by atoms with Crippen molar-refractivity contribution in [3.63, 3.8) is 0 Å². The Labute approximate surface area is 189 Å². The predicted octanol–water partition coefficient (Wildman–Crippen LogP) is 4.82. The summed E-state index contributed by atoms with van der Waals surface area (Å²) < 4.78 is 96.6. The lowest BCUT2D eigenvalue weighted by molar-refractivity contribution is -0.143. The smallest absolute Gasteiger partial charge is 0.371 e. The van der Waals surface area contributed by atoms with Crippen LogP contribution in [0.25, 0.3) is 0 Å². The fourth-order valence-electron chi connectivity index (χ4n) is 3.51. The molecule has 2 amide bonds. The number of halogens is 6. The van der Waals surface area contributed by atoms with Gasteiger partial charge in [0.25, 0.3) is 0 Å². The molecule has 0 aromatic heterocycles. The van der Waals surface area contributed by atoms with Gasteiger partial charge >= 0.3 is 26.1 Å². The van der Waals surface area contributed by atoms with Crippen molar-refractivity contribution in [2.45, 2.75) is 30.9 Å². The van der Waals surface area contributed by atoms with Crippen molar-refractivity contribution in [1.29, 1.82) is 0 Å². The first-order chi connectivity index (χ1) is 15.5. The molecule has 2 atom stereocenters. The number of carbonyl (C=O) groups is 1. The van der Waals surface area contributed by atoms with Crippen LogP contribution in [0.2, 0.25) is 0 Å². The summed E-state index contributed by atoms with van der Waals surface area (Å²) in [6.45, 7) is 0.174. The van der Waals surface area contributed by atoms with Gasteiger partial charge in [0.05, 0.1) is 30.4 Å². The second-order valence-corrected chi connectivity index (χ2v) is 9.25. The number of hydrogen-bond acceptors (Lipinski definition) is 3. The van der Waals surface area contributed by atoms with E-state index in [1.165, 1.54) is 19.1 Å². The number of rotatable bonds is 6. The Morgan fingerprint density at radius 1 is 1.06 bits per heavy atom. The van der Waals surface area contributed by atoms with Crippen molar-refractivity contribution < 1.29 is 50.2 Å². The molecule has 1 saturated heterocycles. The van der Waals surface area contributed by atoms with Gasteiger partial charge in [-0.1, -0.05) is 30.3 Å². The normalized spacial score (nSPS) is 20.4. The number of nitrogens with one attached hydrogen (secondary N) is 1. The van der Waals surface area contributed by atoms with E-state index < -0.39 is 67.6 Å². The molecule has 186 valence electrons. The maximum Gasteiger partial charge on any atom is 0.433 e. The van der Waals surface area contributed by atoms with Crippen LogP contribution in [0.15, 0.2) is 48.5 Å². The summed E-state index contributed by atoms with van der Waals surface area (Å²) in [5.74, 6) is 0. The number of nitrogens with zero attached hydrogens (tertiary/aromatic N) is 1. The fraction of sp³-hybridized carbons (Fsp3) is 0.350. The van der Waals surface area contributed by atoms with Crippen LogP contribution in [0.3, 0.4) is 0 Å². The number of hydrogen-bond donors (Lipinski definition) is 3. The summed E-state index contributed by atoms with van der Waals surface area (Å²) in [5, 5.41) is 2.43. The van der Waals surface area contributed by atoms with Crippen LogP contribution in [0.5, 0.6) is 0 Å². The SMILES string of the molecule is C[C@H](OC[C@@]1(c2ccccc2)CN(P(=O)(O)O)C(=O)N1)c1cc(C(F)(F)F)cc(C(F)(F)F)c1. The highest BCUT2D eigenvalue weighted by molar-refractivity contribution is 7.50. The standard InChI is InChI=1S/C20H19F6N2O5P/c1-12(13-7-15(19(21,22)23)9-16(8-13)20(24,25)26)33-11-18(14-5-3-2-4-6-14)10-28(17(29)27-18)34(30,31)32/h2-9,12H,10-11H2,1H3,(H,27,29)(H2,30,31,32)/t12-,18+/m0/s1. The molecule has 1 fully saturated rings. The molecule has 1 aliphatic heterocycles. The Hall–Kier alpha value is -2.60. The highest BCUT2D eigenvalue weighted by Gasteiger charge is 2.50. The zero-order chi connectivity index (χ0) is 25.5. The molecule has 1 heterocycles. The van der Waals surface area contributed by atoms with E-state index in [4.69, 9.17) is 4.74 Å². The predicted molar refractivity (Wildman–Crippen MR) is 106 cm³/mol. The minimum atomic E-state index is -5.04. The van der Waals surface area contributed by atoms with Crippen LogP contribution < -0.4 is 5.32 Å². The summed E-state index contributed by atoms with van der Waals surface area (Å²) in [6.07, 6.45) is -11.4. The number of ether oxygens (including phenoxy) is 1. The van der Waals surface area contributed by atoms with Gasteiger partial charge in [0.15, 0.2) is 0 Å². The molecule has 0 unspecified atom stereocenters. The first-order valence-corrected chi connectivity index (χ1v) is 11.2. The first-order valence-electron chi connectivity index (χ1n) is 9.65. The molecular formula is C20H19F6N2O5P. The third-order valence-corrected chi connectivity index (χ3v) is 6.25. The molecule has 0 aliphatic carbocycles. The molecule has 1 aliphatic rings. The van der Waals surface area contributed by atoms with Crippen LogP contribution in [-0.4, -0.2) is 33.6 Å². The van der Waals surface area contributed by atoms with Gasteiger partial charge in [-0.15, -0.1) is 0 Å². The maximum atomic E-state index is 13.2. The fourth-order valence-corrected chi connectivity index (χ4v) is 4.22. The zero-order valence-corrected chi connectivity index (χ0v) is 18.3. The van der Waals surface area contributed by atoms with Gasteiger partial charge in [-0.05, 0) is 36.2 Å². The second kappa shape index (κ2) is 8.88. The van der Waals surface area contributed by atoms with Gasteiger partial charge < -0.3 is 19.8 Å². The van der Waals surface area contributed by atoms with Gasteiger partial charge in [-0.2, -0.15) is 26.3 Å². The van der Waals surface area contributed by atoms with Crippen LogP contribution in [0.4, 0.5) is 31.1 Å². The van der Waals surface area contributed by atoms with E-state index in [1.54, 1.807) is 18.2 Å². The van der Waals surface area contributed by atoms with E-state index in [-0.39, 0.29) is 10.7 Å². The topological polar surface area (TPSA) is 99.1 Å². The summed E-state index contributed by atoms with van der Waals surface area (Å²) in [5.41, 5.74) is -4.59. The van der Waals surface area contributed by atoms with Crippen molar-refractivity contribution >= 4 is 13.8 Å². The zero-order valence-electron chi connectivity index (χ0n) is 17.4. The minimum Gasteiger partial charge on any atom is -0.371 e. The lowest BCUT2D eigenvalue weighted by Gasteiger charge is -2.31. The van der Waals surface area contributed by atoms with Crippen molar-refractivity contribution in [2.75, 3.05) is 13.2 Å². The number of benzene rings is 2. The van der Waals surface area contributed by atoms with Gasteiger partial charge in [-0.25, -0.2) is 14.0 Å².